The van der Waals surface area contributed by atoms with Gasteiger partial charge in [0.15, 0.2) is 0 Å². The van der Waals surface area contributed by atoms with Crippen LogP contribution in [0.1, 0.15) is 8.35 Å². The molecule has 1 amide bonds. The fraction of sp³-hybridized carbons (Fsp3) is 0.154. The topological polar surface area (TPSA) is 38.3 Å². The van der Waals surface area contributed by atoms with E-state index in [1.807, 2.05) is 25.1 Å². The van der Waals surface area contributed by atoms with Crippen LogP contribution in [0.25, 0.3) is 0 Å². The lowest BCUT2D eigenvalue weighted by atomic mass is 10.3. The summed E-state index contributed by atoms with van der Waals surface area (Å²) in [5.74, 6) is 0.548. The molecule has 0 atom stereocenters. The van der Waals surface area contributed by atoms with Crippen LogP contribution in [0.3, 0.4) is 0 Å². The Bertz CT molecular complexity index is 337. The van der Waals surface area contributed by atoms with Gasteiger partial charge in [0.2, 0.25) is 0 Å². The molecule has 0 bridgehead atoms. The number of benzene rings is 1. The molecule has 1 rings (SSSR count). The summed E-state index contributed by atoms with van der Waals surface area (Å²) in [6.45, 7) is 5.42. The lowest BCUT2D eigenvalue weighted by Gasteiger charge is -2.00. The quantitative estimate of drug-likeness (QED) is 0.777. The zero-order chi connectivity index (χ0) is 12.2. The largest absolute Gasteiger partial charge is 0.412 e. The van der Waals surface area contributed by atoms with Gasteiger partial charge in [-0.1, -0.05) is 43.0 Å². The first-order valence-corrected chi connectivity index (χ1v) is 4.93. The molecule has 0 aliphatic heterocycles. The van der Waals surface area contributed by atoms with Crippen LogP contribution < -0.4 is 10.1 Å². The predicted octanol–water partition coefficient (Wildman–Crippen LogP) is 3.40. The molecule has 3 nitrogen and oxygen atoms in total. The van der Waals surface area contributed by atoms with Crippen LogP contribution in [0, 0.1) is 0 Å². The van der Waals surface area contributed by atoms with Crippen molar-refractivity contribution in [3.05, 3.63) is 55.1 Å². The van der Waals surface area contributed by atoms with E-state index in [-0.39, 0.29) is 1.43 Å². The molecule has 0 saturated heterocycles. The minimum Gasteiger partial charge on any atom is -0.410 e. The molecule has 0 heterocycles. The number of hydrogen-bond acceptors (Lipinski definition) is 2. The van der Waals surface area contributed by atoms with E-state index < -0.39 is 6.09 Å². The van der Waals surface area contributed by atoms with Gasteiger partial charge in [0.1, 0.15) is 5.75 Å². The number of allylic oxidation sites excluding steroid dienone is 3. The third kappa shape index (κ3) is 7.38. The van der Waals surface area contributed by atoms with Gasteiger partial charge in [0.05, 0.1) is 0 Å². The number of carbonyl (C=O) groups is 1. The number of amides is 1. The van der Waals surface area contributed by atoms with E-state index >= 15 is 0 Å². The van der Waals surface area contributed by atoms with Crippen molar-refractivity contribution in [3.8, 4) is 5.75 Å². The molecule has 1 N–H and O–H groups in total. The highest BCUT2D eigenvalue weighted by atomic mass is 16.5. The fourth-order valence-electron chi connectivity index (χ4n) is 0.783. The average Bonchev–Trinajstić information content (AvgIpc) is 2.32. The van der Waals surface area contributed by atoms with Gasteiger partial charge in [0.25, 0.3) is 0 Å². The van der Waals surface area contributed by atoms with Gasteiger partial charge in [-0.15, -0.1) is 0 Å². The Morgan fingerprint density at radius 1 is 1.44 bits per heavy atom. The molecular weight excluding hydrogens is 202 g/mol. The summed E-state index contributed by atoms with van der Waals surface area (Å²) < 4.78 is 4.81. The van der Waals surface area contributed by atoms with Gasteiger partial charge < -0.3 is 10.1 Å². The second-order valence-corrected chi connectivity index (χ2v) is 2.71. The predicted molar refractivity (Wildman–Crippen MR) is 68.7 cm³/mol. The van der Waals surface area contributed by atoms with Crippen LogP contribution in [0.15, 0.2) is 55.1 Å². The van der Waals surface area contributed by atoms with Crippen molar-refractivity contribution in [1.82, 2.24) is 5.32 Å². The van der Waals surface area contributed by atoms with Crippen LogP contribution in [0.4, 0.5) is 4.79 Å². The Hall–Kier alpha value is -2.03. The lowest BCUT2D eigenvalue weighted by molar-refractivity contribution is 0.203. The first-order chi connectivity index (χ1) is 7.74. The van der Waals surface area contributed by atoms with Crippen molar-refractivity contribution in [2.45, 2.75) is 6.92 Å². The summed E-state index contributed by atoms with van der Waals surface area (Å²) in [6, 6.07) is 8.90. The van der Waals surface area contributed by atoms with Crippen molar-refractivity contribution in [1.29, 1.82) is 0 Å². The van der Waals surface area contributed by atoms with Crippen LogP contribution in [-0.4, -0.2) is 13.1 Å². The number of carbonyl (C=O) groups excluding carboxylic acids is 1. The molecular formula is C13H19NO2. The van der Waals surface area contributed by atoms with Crippen molar-refractivity contribution < 1.29 is 11.0 Å². The minimum atomic E-state index is -0.448. The summed E-state index contributed by atoms with van der Waals surface area (Å²) in [6.07, 6.45) is 5.13. The molecule has 88 valence electrons. The number of rotatable bonds is 2. The summed E-state index contributed by atoms with van der Waals surface area (Å²) in [5.41, 5.74) is 0. The van der Waals surface area contributed by atoms with Crippen molar-refractivity contribution in [2.75, 3.05) is 7.05 Å². The normalized spacial score (nSPS) is 8.88. The monoisotopic (exact) mass is 221 g/mol. The second kappa shape index (κ2) is 9.52. The van der Waals surface area contributed by atoms with E-state index in [4.69, 9.17) is 4.74 Å². The molecule has 0 radical (unpaired) electrons. The molecule has 16 heavy (non-hydrogen) atoms. The summed E-state index contributed by atoms with van der Waals surface area (Å²) >= 11 is 0. The second-order valence-electron chi connectivity index (χ2n) is 2.71. The van der Waals surface area contributed by atoms with Gasteiger partial charge in [-0.25, -0.2) is 4.79 Å². The van der Waals surface area contributed by atoms with Crippen molar-refractivity contribution >= 4 is 6.09 Å². The van der Waals surface area contributed by atoms with Crippen molar-refractivity contribution in [2.24, 2.45) is 0 Å². The Labute approximate surface area is 97.9 Å². The van der Waals surface area contributed by atoms with E-state index in [0.717, 1.165) is 0 Å². The van der Waals surface area contributed by atoms with Crippen LogP contribution >= 0.6 is 0 Å². The fourth-order valence-corrected chi connectivity index (χ4v) is 0.783. The highest BCUT2D eigenvalue weighted by Crippen LogP contribution is 2.07. The van der Waals surface area contributed by atoms with Crippen molar-refractivity contribution in [3.63, 3.8) is 0 Å². The van der Waals surface area contributed by atoms with E-state index in [9.17, 15) is 4.79 Å². The highest BCUT2D eigenvalue weighted by Gasteiger charge is 1.97. The molecule has 0 unspecified atom stereocenters. The Balaban J connectivity index is 0. The Morgan fingerprint density at radius 2 is 2.06 bits per heavy atom. The molecule has 0 aromatic heterocycles. The molecule has 3 heteroatoms. The van der Waals surface area contributed by atoms with Gasteiger partial charge in [-0.2, -0.15) is 0 Å². The van der Waals surface area contributed by atoms with E-state index in [1.165, 1.54) is 7.05 Å². The molecule has 0 aliphatic rings. The third-order valence-electron chi connectivity index (χ3n) is 1.49. The SMILES string of the molecule is C=C/C=C\C.CNC(=O)Oc1ccccc1.[HH]. The Morgan fingerprint density at radius 3 is 2.44 bits per heavy atom. The molecule has 0 spiro atoms. The van der Waals surface area contributed by atoms with E-state index in [1.54, 1.807) is 30.3 Å². The maximum Gasteiger partial charge on any atom is 0.412 e. The van der Waals surface area contributed by atoms with E-state index in [2.05, 4.69) is 11.9 Å². The molecule has 0 fully saturated rings. The summed E-state index contributed by atoms with van der Waals surface area (Å²) in [4.78, 5) is 10.6. The standard InChI is InChI=1S/C8H9NO2.C5H8.H2/c1-9-8(10)11-7-5-3-2-4-6-7;1-3-5-4-2;/h2-6H,1H3,(H,9,10);3-5H,1H2,2H3;1H/b;5-4-;. The van der Waals surface area contributed by atoms with Gasteiger partial charge in [0, 0.05) is 8.47 Å². The average molecular weight is 221 g/mol. The van der Waals surface area contributed by atoms with Crippen LogP contribution in [0.2, 0.25) is 0 Å². The minimum absolute atomic E-state index is 0. The third-order valence-corrected chi connectivity index (χ3v) is 1.49. The van der Waals surface area contributed by atoms with Crippen LogP contribution in [-0.2, 0) is 0 Å². The molecule has 1 aromatic rings. The maximum atomic E-state index is 10.6. The zero-order valence-electron chi connectivity index (χ0n) is 9.64. The summed E-state index contributed by atoms with van der Waals surface area (Å²) in [7, 11) is 1.52. The van der Waals surface area contributed by atoms with Gasteiger partial charge in [-0.3, -0.25) is 0 Å². The van der Waals surface area contributed by atoms with Gasteiger partial charge in [-0.05, 0) is 19.1 Å². The molecule has 0 aliphatic carbocycles. The number of nitrogens with one attached hydrogen (secondary N) is 1. The van der Waals surface area contributed by atoms with Gasteiger partial charge >= 0.3 is 6.09 Å². The Kier molecular flexibility index (Phi) is 8.31. The van der Waals surface area contributed by atoms with E-state index in [0.29, 0.717) is 5.75 Å². The first-order valence-electron chi connectivity index (χ1n) is 4.93. The first kappa shape index (κ1) is 14.0. The molecule has 0 saturated carbocycles. The maximum absolute atomic E-state index is 10.6. The molecule has 1 aromatic carbocycles. The zero-order valence-corrected chi connectivity index (χ0v) is 9.64. The number of ether oxygens (including phenoxy) is 1. The number of para-hydroxylation sites is 1. The smallest absolute Gasteiger partial charge is 0.410 e. The number of hydrogen-bond donors (Lipinski definition) is 1. The summed E-state index contributed by atoms with van der Waals surface area (Å²) in [5, 5.41) is 2.35. The highest BCUT2D eigenvalue weighted by molar-refractivity contribution is 5.69. The van der Waals surface area contributed by atoms with Crippen LogP contribution in [0.5, 0.6) is 5.75 Å². The lowest BCUT2D eigenvalue weighted by Crippen LogP contribution is -2.21.